The molecule has 0 bridgehead atoms. The highest BCUT2D eigenvalue weighted by molar-refractivity contribution is 6.23. The molecule has 4 rings (SSSR count). The van der Waals surface area contributed by atoms with Gasteiger partial charge in [-0.25, -0.2) is 9.80 Å². The van der Waals surface area contributed by atoms with Crippen molar-refractivity contribution in [1.82, 2.24) is 14.9 Å². The molecule has 1 aromatic carbocycles. The zero-order chi connectivity index (χ0) is 19.3. The van der Waals surface area contributed by atoms with Crippen LogP contribution in [-0.4, -0.2) is 68.3 Å². The number of benzene rings is 1. The van der Waals surface area contributed by atoms with Gasteiger partial charge in [0.2, 0.25) is 5.91 Å². The number of nitrogens with zero attached hydrogens (tertiary/aromatic N) is 3. The zero-order valence-electron chi connectivity index (χ0n) is 14.3. The van der Waals surface area contributed by atoms with Crippen LogP contribution in [0.5, 0.6) is 0 Å². The first-order valence-corrected chi connectivity index (χ1v) is 8.75. The second kappa shape index (κ2) is 6.19. The predicted octanol–water partition coefficient (Wildman–Crippen LogP) is 0.264. The van der Waals surface area contributed by atoms with Gasteiger partial charge in [0.25, 0.3) is 17.7 Å². The first-order valence-electron chi connectivity index (χ1n) is 8.75. The van der Waals surface area contributed by atoms with Crippen molar-refractivity contribution in [3.05, 3.63) is 35.4 Å². The highest BCUT2D eigenvalue weighted by Gasteiger charge is 2.50. The van der Waals surface area contributed by atoms with Gasteiger partial charge in [-0.2, -0.15) is 0 Å². The summed E-state index contributed by atoms with van der Waals surface area (Å²) < 4.78 is 0. The van der Waals surface area contributed by atoms with Crippen LogP contribution in [0.2, 0.25) is 0 Å². The Bertz CT molecular complexity index is 847. The van der Waals surface area contributed by atoms with Crippen LogP contribution in [0.4, 0.5) is 0 Å². The molecule has 0 spiro atoms. The van der Waals surface area contributed by atoms with Gasteiger partial charge >= 0.3 is 5.97 Å². The minimum absolute atomic E-state index is 0.0253. The van der Waals surface area contributed by atoms with E-state index in [1.54, 1.807) is 12.1 Å². The smallest absolute Gasteiger partial charge is 0.328 e. The van der Waals surface area contributed by atoms with E-state index < -0.39 is 35.8 Å². The van der Waals surface area contributed by atoms with Gasteiger partial charge in [0.15, 0.2) is 6.04 Å². The molecule has 27 heavy (non-hydrogen) atoms. The molecule has 4 amide bonds. The number of hydrazine groups is 1. The second-order valence-electron chi connectivity index (χ2n) is 6.78. The lowest BCUT2D eigenvalue weighted by atomic mass is 10.1. The van der Waals surface area contributed by atoms with Crippen molar-refractivity contribution in [2.45, 2.75) is 37.8 Å². The van der Waals surface area contributed by atoms with Gasteiger partial charge in [0, 0.05) is 13.0 Å². The molecular weight excluding hydrogens is 354 g/mol. The number of carboxylic acids is 1. The van der Waals surface area contributed by atoms with E-state index in [2.05, 4.69) is 0 Å². The fourth-order valence-electron chi connectivity index (χ4n) is 3.97. The Morgan fingerprint density at radius 1 is 1.00 bits per heavy atom. The number of carbonyl (C=O) groups is 5. The summed E-state index contributed by atoms with van der Waals surface area (Å²) in [4.78, 5) is 63.6. The van der Waals surface area contributed by atoms with Crippen LogP contribution in [0.3, 0.4) is 0 Å². The van der Waals surface area contributed by atoms with Gasteiger partial charge in [0.1, 0.15) is 6.04 Å². The van der Waals surface area contributed by atoms with Crippen molar-refractivity contribution in [1.29, 1.82) is 0 Å². The molecule has 1 N–H and O–H groups in total. The lowest BCUT2D eigenvalue weighted by Gasteiger charge is -2.42. The second-order valence-corrected chi connectivity index (χ2v) is 6.78. The van der Waals surface area contributed by atoms with E-state index in [4.69, 9.17) is 0 Å². The van der Waals surface area contributed by atoms with Crippen LogP contribution in [0.1, 0.15) is 46.4 Å². The van der Waals surface area contributed by atoms with E-state index in [-0.39, 0.29) is 42.8 Å². The Hall–Kier alpha value is -3.23. The Kier molecular flexibility index (Phi) is 3.94. The third kappa shape index (κ3) is 2.49. The lowest BCUT2D eigenvalue weighted by Crippen LogP contribution is -2.62. The van der Waals surface area contributed by atoms with Crippen LogP contribution in [0.25, 0.3) is 0 Å². The monoisotopic (exact) mass is 371 g/mol. The summed E-state index contributed by atoms with van der Waals surface area (Å²) in [5.41, 5.74) is 0.410. The molecule has 0 aromatic heterocycles. The van der Waals surface area contributed by atoms with Crippen molar-refractivity contribution >= 4 is 29.6 Å². The van der Waals surface area contributed by atoms with E-state index in [0.29, 0.717) is 6.42 Å². The number of fused-ring (bicyclic) bond motifs is 2. The number of aliphatic carboxylic acids is 1. The maximum Gasteiger partial charge on any atom is 0.328 e. The molecular formula is C18H17N3O6. The molecule has 3 aliphatic rings. The topological polar surface area (TPSA) is 115 Å². The van der Waals surface area contributed by atoms with Crippen molar-refractivity contribution in [2.75, 3.05) is 6.54 Å². The third-order valence-corrected chi connectivity index (χ3v) is 5.26. The molecule has 9 nitrogen and oxygen atoms in total. The van der Waals surface area contributed by atoms with Crippen molar-refractivity contribution < 1.29 is 29.1 Å². The summed E-state index contributed by atoms with van der Waals surface area (Å²) in [6.45, 7) is 0.239. The standard InChI is InChI=1S/C18H17N3O6/c22-14-8-7-12(17(25)21-13(18(26)27)6-3-9-19(14)21)20-15(23)10-4-1-2-5-11(10)16(20)24/h1-2,4-5,12-13H,3,6-9H2,(H,26,27)/t12-,13-/m1/s1. The summed E-state index contributed by atoms with van der Waals surface area (Å²) >= 11 is 0. The number of carbonyl (C=O) groups excluding carboxylic acids is 4. The Labute approximate surface area is 154 Å². The first-order chi connectivity index (χ1) is 12.9. The summed E-state index contributed by atoms with van der Waals surface area (Å²) in [6.07, 6.45) is 0.596. The van der Waals surface area contributed by atoms with Crippen molar-refractivity contribution in [2.24, 2.45) is 0 Å². The van der Waals surface area contributed by atoms with Gasteiger partial charge < -0.3 is 5.11 Å². The molecule has 2 saturated heterocycles. The van der Waals surface area contributed by atoms with Crippen LogP contribution in [0, 0.1) is 0 Å². The van der Waals surface area contributed by atoms with Gasteiger partial charge in [0.05, 0.1) is 11.1 Å². The molecule has 0 saturated carbocycles. The number of imide groups is 1. The molecule has 2 atom stereocenters. The first kappa shape index (κ1) is 17.2. The summed E-state index contributed by atoms with van der Waals surface area (Å²) in [5, 5.41) is 11.6. The summed E-state index contributed by atoms with van der Waals surface area (Å²) in [7, 11) is 0. The molecule has 0 unspecified atom stereocenters. The largest absolute Gasteiger partial charge is 0.480 e. The minimum atomic E-state index is -1.22. The molecule has 2 fully saturated rings. The SMILES string of the molecule is O=C(O)[C@H]1CCCN2C(=O)CC[C@@H](N3C(=O)c4ccccc4C3=O)C(=O)N12. The van der Waals surface area contributed by atoms with Gasteiger partial charge in [-0.3, -0.25) is 29.1 Å². The average molecular weight is 371 g/mol. The molecule has 0 aliphatic carbocycles. The quantitative estimate of drug-likeness (QED) is 0.746. The number of amides is 4. The molecule has 0 radical (unpaired) electrons. The molecule has 3 heterocycles. The van der Waals surface area contributed by atoms with Crippen LogP contribution >= 0.6 is 0 Å². The fourth-order valence-corrected chi connectivity index (χ4v) is 3.97. The Morgan fingerprint density at radius 2 is 1.63 bits per heavy atom. The molecule has 9 heteroatoms. The van der Waals surface area contributed by atoms with E-state index in [9.17, 15) is 29.1 Å². The third-order valence-electron chi connectivity index (χ3n) is 5.26. The molecule has 1 aromatic rings. The number of rotatable bonds is 2. The Balaban J connectivity index is 1.73. The highest BCUT2D eigenvalue weighted by Crippen LogP contribution is 2.31. The zero-order valence-corrected chi connectivity index (χ0v) is 14.3. The van der Waals surface area contributed by atoms with Crippen LogP contribution in [-0.2, 0) is 14.4 Å². The van der Waals surface area contributed by atoms with Crippen LogP contribution < -0.4 is 0 Å². The normalized spacial score (nSPS) is 25.4. The lowest BCUT2D eigenvalue weighted by molar-refractivity contribution is -0.181. The van der Waals surface area contributed by atoms with Crippen molar-refractivity contribution in [3.63, 3.8) is 0 Å². The van der Waals surface area contributed by atoms with Gasteiger partial charge in [-0.15, -0.1) is 0 Å². The predicted molar refractivity (Wildman–Crippen MR) is 89.2 cm³/mol. The van der Waals surface area contributed by atoms with Crippen LogP contribution in [0.15, 0.2) is 24.3 Å². The molecule has 3 aliphatic heterocycles. The van der Waals surface area contributed by atoms with Gasteiger partial charge in [-0.05, 0) is 31.4 Å². The maximum absolute atomic E-state index is 13.2. The fraction of sp³-hybridized carbons (Fsp3) is 0.389. The van der Waals surface area contributed by atoms with E-state index in [0.717, 1.165) is 14.9 Å². The summed E-state index contributed by atoms with van der Waals surface area (Å²) in [6, 6.07) is 3.87. The maximum atomic E-state index is 13.2. The minimum Gasteiger partial charge on any atom is -0.480 e. The van der Waals surface area contributed by atoms with Crippen molar-refractivity contribution in [3.8, 4) is 0 Å². The number of hydrogen-bond acceptors (Lipinski definition) is 5. The van der Waals surface area contributed by atoms with E-state index in [1.807, 2.05) is 0 Å². The highest BCUT2D eigenvalue weighted by atomic mass is 16.4. The average Bonchev–Trinajstić information content (AvgIpc) is 2.84. The number of hydrogen-bond donors (Lipinski definition) is 1. The number of carboxylic acid groups (broad SMARTS) is 1. The van der Waals surface area contributed by atoms with E-state index in [1.165, 1.54) is 12.1 Å². The summed E-state index contributed by atoms with van der Waals surface area (Å²) in [5.74, 6) is -3.50. The molecule has 140 valence electrons. The van der Waals surface area contributed by atoms with Gasteiger partial charge in [-0.1, -0.05) is 12.1 Å². The Morgan fingerprint density at radius 3 is 2.22 bits per heavy atom. The van der Waals surface area contributed by atoms with E-state index >= 15 is 0 Å².